The van der Waals surface area contributed by atoms with E-state index in [1.165, 1.54) is 0 Å². The maximum atomic E-state index is 10.5. The fourth-order valence-corrected chi connectivity index (χ4v) is 1.76. The van der Waals surface area contributed by atoms with Gasteiger partial charge < -0.3 is 5.73 Å². The molecule has 0 saturated heterocycles. The van der Waals surface area contributed by atoms with Gasteiger partial charge in [-0.15, -0.1) is 0 Å². The van der Waals surface area contributed by atoms with E-state index in [9.17, 15) is 4.21 Å². The summed E-state index contributed by atoms with van der Waals surface area (Å²) in [6.07, 6.45) is 3.37. The van der Waals surface area contributed by atoms with Crippen molar-refractivity contribution in [1.29, 1.82) is 0 Å². The lowest BCUT2D eigenvalue weighted by Gasteiger charge is -2.05. The fraction of sp³-hybridized carbons (Fsp3) is 0.125. The first-order valence-electron chi connectivity index (χ1n) is 4.29. The molecule has 0 aliphatic rings. The van der Waals surface area contributed by atoms with Crippen LogP contribution in [0.15, 0.2) is 22.9 Å². The molecule has 2 heterocycles. The monoisotopic (exact) mass is 300 g/mol. The lowest BCUT2D eigenvalue weighted by Crippen LogP contribution is -2.08. The molecule has 0 unspecified atom stereocenters. The maximum Gasteiger partial charge on any atom is 0.467 e. The third-order valence-electron chi connectivity index (χ3n) is 1.82. The van der Waals surface area contributed by atoms with Crippen LogP contribution < -0.4 is 5.73 Å². The third-order valence-corrected chi connectivity index (χ3v) is 2.95. The van der Waals surface area contributed by atoms with Gasteiger partial charge in [0.1, 0.15) is 10.3 Å². The maximum absolute atomic E-state index is 10.5. The van der Waals surface area contributed by atoms with E-state index in [1.54, 1.807) is 23.1 Å². The van der Waals surface area contributed by atoms with E-state index in [0.29, 0.717) is 33.6 Å². The highest BCUT2D eigenvalue weighted by atomic mass is 79.9. The Labute approximate surface area is 104 Å². The van der Waals surface area contributed by atoms with E-state index < -0.39 is 0 Å². The molecule has 2 rings (SSSR count). The Morgan fingerprint density at radius 3 is 2.94 bits per heavy atom. The van der Waals surface area contributed by atoms with Crippen LogP contribution in [0.1, 0.15) is 5.82 Å². The molecule has 0 radical (unpaired) electrons. The molecule has 0 atom stereocenters. The summed E-state index contributed by atoms with van der Waals surface area (Å²) < 4.78 is 12.6. The predicted octanol–water partition coefficient (Wildman–Crippen LogP) is 0.935. The van der Waals surface area contributed by atoms with Gasteiger partial charge in [0.2, 0.25) is 0 Å². The quantitative estimate of drug-likeness (QED) is 0.852. The summed E-state index contributed by atoms with van der Waals surface area (Å²) in [6, 6.07) is 1.77. The zero-order valence-electron chi connectivity index (χ0n) is 8.00. The Hall–Kier alpha value is -1.41. The van der Waals surface area contributed by atoms with Gasteiger partial charge in [0.25, 0.3) is 5.75 Å². The second kappa shape index (κ2) is 4.62. The van der Waals surface area contributed by atoms with Crippen molar-refractivity contribution in [1.82, 2.24) is 19.7 Å². The summed E-state index contributed by atoms with van der Waals surface area (Å²) in [4.78, 5) is 8.20. The Balaban J connectivity index is 2.55. The average Bonchev–Trinajstić information content (AvgIpc) is 2.76. The molecular formula is C8H7BrN5OS+. The summed E-state index contributed by atoms with van der Waals surface area (Å²) in [5, 5.41) is 4.05. The number of hydrogen-bond acceptors (Lipinski definition) is 5. The first-order chi connectivity index (χ1) is 7.72. The minimum Gasteiger partial charge on any atom is -0.383 e. The van der Waals surface area contributed by atoms with E-state index in [1.807, 2.05) is 0 Å². The summed E-state index contributed by atoms with van der Waals surface area (Å²) in [5.74, 6) is 1.39. The molecule has 0 fully saturated rings. The van der Waals surface area contributed by atoms with Crippen molar-refractivity contribution in [2.45, 2.75) is 5.75 Å². The minimum atomic E-state index is 0.172. The van der Waals surface area contributed by atoms with Crippen LogP contribution in [-0.4, -0.2) is 19.7 Å². The minimum absolute atomic E-state index is 0.172. The van der Waals surface area contributed by atoms with Crippen molar-refractivity contribution < 1.29 is 4.21 Å². The van der Waals surface area contributed by atoms with Gasteiger partial charge in [0.15, 0.2) is 11.6 Å². The fourth-order valence-electron chi connectivity index (χ4n) is 1.16. The third kappa shape index (κ3) is 2.07. The topological polar surface area (TPSA) is 86.7 Å². The Kier molecular flexibility index (Phi) is 3.20. The molecular weight excluding hydrogens is 294 g/mol. The van der Waals surface area contributed by atoms with E-state index in [-0.39, 0.29) is 5.75 Å². The number of aromatic nitrogens is 4. The van der Waals surface area contributed by atoms with Gasteiger partial charge in [-0.05, 0) is 22.0 Å². The number of halogens is 1. The molecule has 0 spiro atoms. The van der Waals surface area contributed by atoms with Crippen LogP contribution in [0.2, 0.25) is 0 Å². The summed E-state index contributed by atoms with van der Waals surface area (Å²) in [6.45, 7) is 0. The molecule has 2 N–H and O–H groups in total. The molecule has 0 aromatic carbocycles. The van der Waals surface area contributed by atoms with Crippen molar-refractivity contribution >= 4 is 33.4 Å². The standard InChI is InChI=1S/C8H7BrN5OS/c9-6-7(10)12-5(4-16-15)13-8(6)14-3-1-2-11-14/h1-3H,4H2,(H2,10,12,13)/q+1. The van der Waals surface area contributed by atoms with Gasteiger partial charge in [-0.2, -0.15) is 5.10 Å². The van der Waals surface area contributed by atoms with Crippen molar-refractivity contribution in [3.63, 3.8) is 0 Å². The molecule has 0 amide bonds. The van der Waals surface area contributed by atoms with Gasteiger partial charge in [-0.3, -0.25) is 0 Å². The largest absolute Gasteiger partial charge is 0.467 e. The van der Waals surface area contributed by atoms with Crippen LogP contribution in [0.25, 0.3) is 5.82 Å². The van der Waals surface area contributed by atoms with Crippen LogP contribution >= 0.6 is 15.9 Å². The molecule has 0 aliphatic heterocycles. The van der Waals surface area contributed by atoms with Crippen LogP contribution in [0.5, 0.6) is 0 Å². The van der Waals surface area contributed by atoms with Crippen molar-refractivity contribution in [2.24, 2.45) is 0 Å². The first-order valence-corrected chi connectivity index (χ1v) is 5.99. The summed E-state index contributed by atoms with van der Waals surface area (Å²) >= 11 is 3.69. The van der Waals surface area contributed by atoms with Crippen LogP contribution in [0, 0.1) is 0 Å². The summed E-state index contributed by atoms with van der Waals surface area (Å²) in [5.41, 5.74) is 5.71. The molecule has 2 aromatic heterocycles. The highest BCUT2D eigenvalue weighted by Crippen LogP contribution is 2.23. The highest BCUT2D eigenvalue weighted by Gasteiger charge is 2.15. The van der Waals surface area contributed by atoms with Gasteiger partial charge in [-0.25, -0.2) is 14.6 Å². The van der Waals surface area contributed by atoms with E-state index >= 15 is 0 Å². The van der Waals surface area contributed by atoms with E-state index in [0.717, 1.165) is 0 Å². The Morgan fingerprint density at radius 2 is 2.31 bits per heavy atom. The predicted molar refractivity (Wildman–Crippen MR) is 63.0 cm³/mol. The Morgan fingerprint density at radius 1 is 1.50 bits per heavy atom. The lowest BCUT2D eigenvalue weighted by atomic mass is 10.5. The number of rotatable bonds is 3. The van der Waals surface area contributed by atoms with Crippen LogP contribution in [0.4, 0.5) is 5.82 Å². The van der Waals surface area contributed by atoms with E-state index in [4.69, 9.17) is 5.73 Å². The zero-order chi connectivity index (χ0) is 11.5. The smallest absolute Gasteiger partial charge is 0.383 e. The zero-order valence-corrected chi connectivity index (χ0v) is 10.4. The number of nitrogens with zero attached hydrogens (tertiary/aromatic N) is 4. The van der Waals surface area contributed by atoms with Gasteiger partial charge in [-0.1, -0.05) is 0 Å². The number of nitrogen functional groups attached to an aromatic ring is 1. The molecule has 0 saturated carbocycles. The van der Waals surface area contributed by atoms with Gasteiger partial charge >= 0.3 is 11.7 Å². The highest BCUT2D eigenvalue weighted by molar-refractivity contribution is 9.10. The van der Waals surface area contributed by atoms with Crippen LogP contribution in [-0.2, 0) is 21.6 Å². The normalized spacial score (nSPS) is 10.3. The lowest BCUT2D eigenvalue weighted by molar-refractivity contribution is 0.604. The van der Waals surface area contributed by atoms with Gasteiger partial charge in [0.05, 0.1) is 0 Å². The van der Waals surface area contributed by atoms with E-state index in [2.05, 4.69) is 31.0 Å². The number of anilines is 1. The molecule has 0 bridgehead atoms. The van der Waals surface area contributed by atoms with Gasteiger partial charge in [0, 0.05) is 16.6 Å². The first kappa shape index (κ1) is 11.1. The number of hydrogen-bond donors (Lipinski definition) is 1. The molecule has 16 heavy (non-hydrogen) atoms. The average molecular weight is 301 g/mol. The van der Waals surface area contributed by atoms with Crippen molar-refractivity contribution in [3.05, 3.63) is 28.8 Å². The number of nitrogens with two attached hydrogens (primary N) is 1. The van der Waals surface area contributed by atoms with Crippen LogP contribution in [0.3, 0.4) is 0 Å². The van der Waals surface area contributed by atoms with Crippen molar-refractivity contribution in [2.75, 3.05) is 5.73 Å². The van der Waals surface area contributed by atoms with Crippen molar-refractivity contribution in [3.8, 4) is 5.82 Å². The second-order valence-electron chi connectivity index (χ2n) is 2.88. The molecule has 0 aliphatic carbocycles. The Bertz CT molecular complexity index is 515. The molecule has 8 heteroatoms. The second-order valence-corrected chi connectivity index (χ2v) is 4.19. The SMILES string of the molecule is Nc1nc(C[S+]=O)nc(-n2cccn2)c1Br. The molecule has 82 valence electrons. The summed E-state index contributed by atoms with van der Waals surface area (Å²) in [7, 11) is 0. The molecule has 6 nitrogen and oxygen atoms in total. The molecule has 2 aromatic rings.